The molecule has 92 valence electrons. The molecule has 2 N–H and O–H groups in total. The fourth-order valence-electron chi connectivity index (χ4n) is 1.98. The Morgan fingerprint density at radius 2 is 2.24 bits per heavy atom. The van der Waals surface area contributed by atoms with Crippen molar-refractivity contribution in [3.63, 3.8) is 0 Å². The fourth-order valence-corrected chi connectivity index (χ4v) is 3.41. The number of nitrogens with zero attached hydrogens (tertiary/aromatic N) is 2. The number of halogens is 1. The van der Waals surface area contributed by atoms with Crippen molar-refractivity contribution in [2.45, 2.75) is 26.8 Å². The molecule has 2 aromatic heterocycles. The van der Waals surface area contributed by atoms with Crippen LogP contribution in [0.5, 0.6) is 0 Å². The molecule has 0 saturated carbocycles. The Bertz CT molecular complexity index is 516. The standard InChI is InChI=1S/C12H16BrN3S/c1-8-12(3-4-14)9(2)16(15-8)6-11-5-10(13)7-17-11/h5,7H,3-4,6,14H2,1-2H3. The summed E-state index contributed by atoms with van der Waals surface area (Å²) in [6, 6.07) is 2.14. The predicted octanol–water partition coefficient (Wildman–Crippen LogP) is 2.87. The maximum absolute atomic E-state index is 5.62. The summed E-state index contributed by atoms with van der Waals surface area (Å²) in [5.74, 6) is 0. The number of thiophene rings is 1. The topological polar surface area (TPSA) is 43.8 Å². The average Bonchev–Trinajstić information content (AvgIpc) is 2.79. The highest BCUT2D eigenvalue weighted by molar-refractivity contribution is 9.10. The first-order valence-corrected chi connectivity index (χ1v) is 7.25. The van der Waals surface area contributed by atoms with Gasteiger partial charge in [-0.05, 0) is 54.4 Å². The van der Waals surface area contributed by atoms with E-state index in [1.165, 1.54) is 16.1 Å². The molecule has 0 aliphatic rings. The van der Waals surface area contributed by atoms with Crippen LogP contribution in [-0.4, -0.2) is 16.3 Å². The first-order chi connectivity index (χ1) is 8.11. The van der Waals surface area contributed by atoms with Crippen molar-refractivity contribution < 1.29 is 0 Å². The lowest BCUT2D eigenvalue weighted by Crippen LogP contribution is -2.06. The van der Waals surface area contributed by atoms with Gasteiger partial charge < -0.3 is 5.73 Å². The molecule has 2 aromatic rings. The monoisotopic (exact) mass is 313 g/mol. The molecule has 0 aliphatic heterocycles. The van der Waals surface area contributed by atoms with Crippen LogP contribution in [0, 0.1) is 13.8 Å². The van der Waals surface area contributed by atoms with Crippen LogP contribution >= 0.6 is 27.3 Å². The van der Waals surface area contributed by atoms with E-state index < -0.39 is 0 Å². The van der Waals surface area contributed by atoms with E-state index in [2.05, 4.69) is 51.0 Å². The van der Waals surface area contributed by atoms with Gasteiger partial charge in [-0.1, -0.05) is 0 Å². The molecule has 0 fully saturated rings. The maximum Gasteiger partial charge on any atom is 0.0755 e. The van der Waals surface area contributed by atoms with Crippen LogP contribution in [0.2, 0.25) is 0 Å². The molecule has 0 atom stereocenters. The Kier molecular flexibility index (Phi) is 4.01. The van der Waals surface area contributed by atoms with E-state index >= 15 is 0 Å². The van der Waals surface area contributed by atoms with Gasteiger partial charge in [0.1, 0.15) is 0 Å². The van der Waals surface area contributed by atoms with Crippen molar-refractivity contribution in [1.82, 2.24) is 9.78 Å². The van der Waals surface area contributed by atoms with E-state index in [0.29, 0.717) is 6.54 Å². The zero-order chi connectivity index (χ0) is 12.4. The minimum Gasteiger partial charge on any atom is -0.330 e. The van der Waals surface area contributed by atoms with Crippen LogP contribution in [0.25, 0.3) is 0 Å². The first-order valence-electron chi connectivity index (χ1n) is 5.57. The van der Waals surface area contributed by atoms with E-state index in [9.17, 15) is 0 Å². The van der Waals surface area contributed by atoms with Gasteiger partial charge >= 0.3 is 0 Å². The number of hydrogen-bond acceptors (Lipinski definition) is 3. The molecule has 0 saturated heterocycles. The molecule has 0 bridgehead atoms. The molecule has 17 heavy (non-hydrogen) atoms. The van der Waals surface area contributed by atoms with Gasteiger partial charge in [-0.3, -0.25) is 4.68 Å². The van der Waals surface area contributed by atoms with Crippen molar-refractivity contribution in [2.75, 3.05) is 6.54 Å². The summed E-state index contributed by atoms with van der Waals surface area (Å²) in [5, 5.41) is 6.68. The predicted molar refractivity (Wildman–Crippen MR) is 75.6 cm³/mol. The van der Waals surface area contributed by atoms with Crippen molar-refractivity contribution in [1.29, 1.82) is 0 Å². The molecular formula is C12H16BrN3S. The molecule has 2 heterocycles. The molecule has 0 aromatic carbocycles. The minimum atomic E-state index is 0.678. The number of hydrogen-bond donors (Lipinski definition) is 1. The highest BCUT2D eigenvalue weighted by Gasteiger charge is 2.11. The first kappa shape index (κ1) is 12.8. The fraction of sp³-hybridized carbons (Fsp3) is 0.417. The van der Waals surface area contributed by atoms with Gasteiger partial charge in [-0.2, -0.15) is 5.10 Å². The van der Waals surface area contributed by atoms with Gasteiger partial charge in [-0.25, -0.2) is 0 Å². The Balaban J connectivity index is 2.24. The SMILES string of the molecule is Cc1nn(Cc2cc(Br)cs2)c(C)c1CCN. The summed E-state index contributed by atoms with van der Waals surface area (Å²) < 4.78 is 3.21. The normalized spacial score (nSPS) is 11.1. The van der Waals surface area contributed by atoms with Gasteiger partial charge in [0, 0.05) is 20.4 Å². The quantitative estimate of drug-likeness (QED) is 0.943. The molecule has 0 unspecified atom stereocenters. The lowest BCUT2D eigenvalue weighted by molar-refractivity contribution is 0.664. The molecule has 0 spiro atoms. The van der Waals surface area contributed by atoms with Crippen LogP contribution in [0.15, 0.2) is 15.9 Å². The zero-order valence-corrected chi connectivity index (χ0v) is 12.4. The molecule has 0 radical (unpaired) electrons. The Hall–Kier alpha value is -0.650. The van der Waals surface area contributed by atoms with Gasteiger partial charge in [0.25, 0.3) is 0 Å². The Morgan fingerprint density at radius 3 is 2.82 bits per heavy atom. The third kappa shape index (κ3) is 2.78. The van der Waals surface area contributed by atoms with Gasteiger partial charge in [0.05, 0.1) is 12.2 Å². The molecule has 3 nitrogen and oxygen atoms in total. The average molecular weight is 314 g/mol. The van der Waals surface area contributed by atoms with Gasteiger partial charge in [-0.15, -0.1) is 11.3 Å². The maximum atomic E-state index is 5.62. The second-order valence-electron chi connectivity index (χ2n) is 4.08. The lowest BCUT2D eigenvalue weighted by atomic mass is 10.1. The van der Waals surface area contributed by atoms with E-state index in [1.807, 2.05) is 0 Å². The third-order valence-corrected chi connectivity index (χ3v) is 4.54. The highest BCUT2D eigenvalue weighted by atomic mass is 79.9. The number of aryl methyl sites for hydroxylation is 1. The van der Waals surface area contributed by atoms with Crippen molar-refractivity contribution in [2.24, 2.45) is 5.73 Å². The van der Waals surface area contributed by atoms with Crippen LogP contribution in [0.1, 0.15) is 21.8 Å². The van der Waals surface area contributed by atoms with Crippen molar-refractivity contribution >= 4 is 27.3 Å². The Labute approximate surface area is 114 Å². The summed E-state index contributed by atoms with van der Waals surface area (Å²) in [4.78, 5) is 1.31. The molecule has 5 heteroatoms. The van der Waals surface area contributed by atoms with Crippen molar-refractivity contribution in [3.8, 4) is 0 Å². The second kappa shape index (κ2) is 5.33. The summed E-state index contributed by atoms with van der Waals surface area (Å²) >= 11 is 5.22. The Morgan fingerprint density at radius 1 is 1.47 bits per heavy atom. The van der Waals surface area contributed by atoms with E-state index in [1.54, 1.807) is 11.3 Å². The third-order valence-electron chi connectivity index (χ3n) is 2.85. The minimum absolute atomic E-state index is 0.678. The summed E-state index contributed by atoms with van der Waals surface area (Å²) in [5.41, 5.74) is 9.25. The smallest absolute Gasteiger partial charge is 0.0755 e. The summed E-state index contributed by atoms with van der Waals surface area (Å²) in [6.45, 7) is 5.69. The largest absolute Gasteiger partial charge is 0.330 e. The number of rotatable bonds is 4. The van der Waals surface area contributed by atoms with E-state index in [4.69, 9.17) is 5.73 Å². The summed E-state index contributed by atoms with van der Waals surface area (Å²) in [7, 11) is 0. The van der Waals surface area contributed by atoms with Crippen LogP contribution < -0.4 is 5.73 Å². The highest BCUT2D eigenvalue weighted by Crippen LogP contribution is 2.22. The van der Waals surface area contributed by atoms with Crippen molar-refractivity contribution in [3.05, 3.63) is 37.7 Å². The van der Waals surface area contributed by atoms with Crippen LogP contribution in [-0.2, 0) is 13.0 Å². The van der Waals surface area contributed by atoms with Gasteiger partial charge in [0.2, 0.25) is 0 Å². The molecule has 0 aliphatic carbocycles. The molecule has 2 rings (SSSR count). The number of aromatic nitrogens is 2. The molecule has 0 amide bonds. The number of nitrogens with two attached hydrogens (primary N) is 1. The zero-order valence-electron chi connectivity index (χ0n) is 10.0. The van der Waals surface area contributed by atoms with Crippen LogP contribution in [0.4, 0.5) is 0 Å². The van der Waals surface area contributed by atoms with E-state index in [0.717, 1.165) is 23.1 Å². The lowest BCUT2D eigenvalue weighted by Gasteiger charge is -2.03. The van der Waals surface area contributed by atoms with E-state index in [-0.39, 0.29) is 0 Å². The second-order valence-corrected chi connectivity index (χ2v) is 5.99. The summed E-state index contributed by atoms with van der Waals surface area (Å²) in [6.07, 6.45) is 0.909. The van der Waals surface area contributed by atoms with Gasteiger partial charge in [0.15, 0.2) is 0 Å². The molecular weight excluding hydrogens is 298 g/mol. The van der Waals surface area contributed by atoms with Crippen LogP contribution in [0.3, 0.4) is 0 Å².